The normalized spacial score (nSPS) is 14.0. The van der Waals surface area contributed by atoms with Crippen LogP contribution in [-0.2, 0) is 32.7 Å². The first kappa shape index (κ1) is 48.7. The largest absolute Gasteiger partial charge is 0.472 e. The number of esters is 2. The molecule has 0 saturated carbocycles. The van der Waals surface area contributed by atoms with Gasteiger partial charge >= 0.3 is 19.8 Å². The molecule has 0 aliphatic heterocycles. The van der Waals surface area contributed by atoms with Crippen LogP contribution in [0.4, 0.5) is 0 Å². The number of hydrogen-bond acceptors (Lipinski definition) is 8. The highest BCUT2D eigenvalue weighted by Crippen LogP contribution is 2.43. The summed E-state index contributed by atoms with van der Waals surface area (Å²) >= 11 is 0. The van der Waals surface area contributed by atoms with Crippen LogP contribution in [0.25, 0.3) is 0 Å². The monoisotopic (exact) mass is 737 g/mol. The number of nitrogens with two attached hydrogens (primary N) is 1. The number of ether oxygens (including phenoxy) is 2. The minimum absolute atomic E-state index is 0.0441. The van der Waals surface area contributed by atoms with Crippen molar-refractivity contribution in [3.05, 3.63) is 60.8 Å². The zero-order chi connectivity index (χ0) is 37.5. The van der Waals surface area contributed by atoms with Crippen molar-refractivity contribution in [3.8, 4) is 0 Å². The van der Waals surface area contributed by atoms with Gasteiger partial charge in [-0.25, -0.2) is 4.57 Å². The summed E-state index contributed by atoms with van der Waals surface area (Å²) in [6.07, 6.45) is 42.5. The summed E-state index contributed by atoms with van der Waals surface area (Å²) in [5.74, 6) is -0.883. The number of unbranched alkanes of at least 4 members (excludes halogenated alkanes) is 13. The van der Waals surface area contributed by atoms with Gasteiger partial charge in [0.15, 0.2) is 6.10 Å². The molecule has 0 aromatic heterocycles. The Morgan fingerprint density at radius 3 is 1.61 bits per heavy atom. The molecule has 0 aliphatic carbocycles. The summed E-state index contributed by atoms with van der Waals surface area (Å²) in [6, 6.07) is 0. The Labute approximate surface area is 310 Å². The number of phosphoric ester groups is 1. The van der Waals surface area contributed by atoms with Gasteiger partial charge < -0.3 is 20.1 Å². The molecule has 0 radical (unpaired) electrons. The minimum Gasteiger partial charge on any atom is -0.462 e. The quantitative estimate of drug-likeness (QED) is 0.0279. The van der Waals surface area contributed by atoms with Gasteiger partial charge in [-0.1, -0.05) is 126 Å². The molecule has 0 fully saturated rings. The van der Waals surface area contributed by atoms with Crippen molar-refractivity contribution >= 4 is 19.8 Å². The summed E-state index contributed by atoms with van der Waals surface area (Å²) in [5, 5.41) is 0. The van der Waals surface area contributed by atoms with Crippen LogP contribution >= 0.6 is 7.82 Å². The van der Waals surface area contributed by atoms with Crippen molar-refractivity contribution < 1.29 is 37.6 Å². The molecule has 9 nitrogen and oxygen atoms in total. The van der Waals surface area contributed by atoms with Gasteiger partial charge in [0, 0.05) is 19.4 Å². The molecule has 3 N–H and O–H groups in total. The molecule has 294 valence electrons. The zero-order valence-electron chi connectivity index (χ0n) is 32.1. The molecule has 0 heterocycles. The van der Waals surface area contributed by atoms with E-state index in [1.54, 1.807) is 0 Å². The van der Waals surface area contributed by atoms with Crippen LogP contribution in [0.2, 0.25) is 0 Å². The number of carbonyl (C=O) groups excluding carboxylic acids is 2. The predicted octanol–water partition coefficient (Wildman–Crippen LogP) is 10.9. The maximum atomic E-state index is 12.5. The Balaban J connectivity index is 4.29. The Hall–Kier alpha value is -2.29. The molecule has 2 atom stereocenters. The Morgan fingerprint density at radius 2 is 1.04 bits per heavy atom. The third kappa shape index (κ3) is 37.3. The summed E-state index contributed by atoms with van der Waals surface area (Å²) in [6.45, 7) is 3.59. The third-order valence-corrected chi connectivity index (χ3v) is 8.86. The van der Waals surface area contributed by atoms with E-state index in [0.717, 1.165) is 77.0 Å². The molecule has 0 amide bonds. The smallest absolute Gasteiger partial charge is 0.462 e. The van der Waals surface area contributed by atoms with Gasteiger partial charge in [-0.2, -0.15) is 0 Å². The second-order valence-electron chi connectivity index (χ2n) is 12.8. The van der Waals surface area contributed by atoms with E-state index in [9.17, 15) is 19.0 Å². The average Bonchev–Trinajstić information content (AvgIpc) is 3.11. The van der Waals surface area contributed by atoms with Crippen LogP contribution in [0.15, 0.2) is 60.8 Å². The van der Waals surface area contributed by atoms with Crippen LogP contribution < -0.4 is 5.73 Å². The second kappa shape index (κ2) is 37.5. The van der Waals surface area contributed by atoms with E-state index in [4.69, 9.17) is 24.3 Å². The highest BCUT2D eigenvalue weighted by molar-refractivity contribution is 7.47. The first-order chi connectivity index (χ1) is 24.8. The number of allylic oxidation sites excluding steroid dienone is 10. The lowest BCUT2D eigenvalue weighted by molar-refractivity contribution is -0.161. The second-order valence-corrected chi connectivity index (χ2v) is 14.2. The standard InChI is InChI=1S/C41H72NO8P/c1-3-5-7-9-11-13-15-16-17-18-19-20-21-22-24-26-28-30-32-34-41(44)50-39(38-49-51(45,46)48-36-35-42)37-47-40(43)33-31-29-27-25-23-14-12-10-8-6-4-2/h10-13,16-17,19-20,22,24,39H,3-9,14-15,18,21,23,25-38,42H2,1-2H3,(H,45,46)/b12-10+,13-11+,17-16+,20-19+,24-22+/t39-/m1/s1. The molecule has 10 heteroatoms. The lowest BCUT2D eigenvalue weighted by atomic mass is 10.1. The lowest BCUT2D eigenvalue weighted by Gasteiger charge is -2.19. The Kier molecular flexibility index (Phi) is 35.8. The van der Waals surface area contributed by atoms with Gasteiger partial charge in [0.1, 0.15) is 6.61 Å². The Bertz CT molecular complexity index is 1020. The predicted molar refractivity (Wildman–Crippen MR) is 210 cm³/mol. The van der Waals surface area contributed by atoms with Gasteiger partial charge in [-0.05, 0) is 77.0 Å². The highest BCUT2D eigenvalue weighted by atomic mass is 31.2. The van der Waals surface area contributed by atoms with Crippen molar-refractivity contribution in [3.63, 3.8) is 0 Å². The van der Waals surface area contributed by atoms with E-state index in [2.05, 4.69) is 74.6 Å². The van der Waals surface area contributed by atoms with E-state index in [1.807, 2.05) is 0 Å². The van der Waals surface area contributed by atoms with Crippen LogP contribution in [-0.4, -0.2) is 49.3 Å². The van der Waals surface area contributed by atoms with Gasteiger partial charge in [0.05, 0.1) is 13.2 Å². The molecule has 51 heavy (non-hydrogen) atoms. The first-order valence-corrected chi connectivity index (χ1v) is 21.3. The zero-order valence-corrected chi connectivity index (χ0v) is 33.0. The van der Waals surface area contributed by atoms with E-state index < -0.39 is 32.5 Å². The summed E-state index contributed by atoms with van der Waals surface area (Å²) in [4.78, 5) is 34.7. The summed E-state index contributed by atoms with van der Waals surface area (Å²) in [5.41, 5.74) is 5.33. The number of phosphoric acid groups is 1. The topological polar surface area (TPSA) is 134 Å². The molecule has 0 bridgehead atoms. The van der Waals surface area contributed by atoms with Gasteiger partial charge in [-0.3, -0.25) is 18.6 Å². The highest BCUT2D eigenvalue weighted by Gasteiger charge is 2.25. The van der Waals surface area contributed by atoms with Gasteiger partial charge in [0.25, 0.3) is 0 Å². The lowest BCUT2D eigenvalue weighted by Crippen LogP contribution is -2.29. The van der Waals surface area contributed by atoms with Crippen molar-refractivity contribution in [1.82, 2.24) is 0 Å². The maximum absolute atomic E-state index is 12.5. The van der Waals surface area contributed by atoms with E-state index >= 15 is 0 Å². The molecule has 0 rings (SSSR count). The van der Waals surface area contributed by atoms with Crippen LogP contribution in [0.1, 0.15) is 155 Å². The molecule has 0 aromatic rings. The molecule has 0 saturated heterocycles. The molecule has 0 spiro atoms. The fourth-order valence-corrected chi connectivity index (χ4v) is 5.66. The maximum Gasteiger partial charge on any atom is 0.472 e. The van der Waals surface area contributed by atoms with Crippen LogP contribution in [0.5, 0.6) is 0 Å². The van der Waals surface area contributed by atoms with E-state index in [-0.39, 0.29) is 32.6 Å². The molecule has 0 aliphatic rings. The average molecular weight is 738 g/mol. The van der Waals surface area contributed by atoms with E-state index in [1.165, 1.54) is 38.5 Å². The Morgan fingerprint density at radius 1 is 0.588 bits per heavy atom. The third-order valence-electron chi connectivity index (χ3n) is 7.88. The molecular weight excluding hydrogens is 665 g/mol. The summed E-state index contributed by atoms with van der Waals surface area (Å²) < 4.78 is 32.6. The van der Waals surface area contributed by atoms with Crippen molar-refractivity contribution in [2.75, 3.05) is 26.4 Å². The summed E-state index contributed by atoms with van der Waals surface area (Å²) in [7, 11) is -4.38. The van der Waals surface area contributed by atoms with Crippen molar-refractivity contribution in [2.45, 2.75) is 161 Å². The fraction of sp³-hybridized carbons (Fsp3) is 0.707. The first-order valence-electron chi connectivity index (χ1n) is 19.8. The van der Waals surface area contributed by atoms with E-state index in [0.29, 0.717) is 12.8 Å². The van der Waals surface area contributed by atoms with Crippen molar-refractivity contribution in [2.24, 2.45) is 5.73 Å². The number of hydrogen-bond donors (Lipinski definition) is 2. The molecular formula is C41H72NO8P. The van der Waals surface area contributed by atoms with Gasteiger partial charge in [0.2, 0.25) is 0 Å². The van der Waals surface area contributed by atoms with Crippen molar-refractivity contribution in [1.29, 1.82) is 0 Å². The number of rotatable bonds is 36. The fourth-order valence-electron chi connectivity index (χ4n) is 4.89. The number of carbonyl (C=O) groups is 2. The van der Waals surface area contributed by atoms with Gasteiger partial charge in [-0.15, -0.1) is 0 Å². The molecule has 0 aromatic carbocycles. The molecule has 1 unspecified atom stereocenters. The van der Waals surface area contributed by atoms with Crippen LogP contribution in [0.3, 0.4) is 0 Å². The minimum atomic E-state index is -4.38. The van der Waals surface area contributed by atoms with Crippen LogP contribution in [0, 0.1) is 0 Å². The SMILES string of the molecule is CCCC/C=C/CCCCCCCC(=O)OC[C@H](COP(=O)(O)OCCN)OC(=O)CCCCC/C=C/C/C=C/C/C=C/C/C=C/CCCCC.